The number of aromatic nitrogens is 2. The van der Waals surface area contributed by atoms with Crippen molar-refractivity contribution in [2.45, 2.75) is 0 Å². The van der Waals surface area contributed by atoms with E-state index in [0.29, 0.717) is 29.6 Å². The fraction of sp³-hybridized carbons (Fsp3) is 0.150. The van der Waals surface area contributed by atoms with Crippen LogP contribution in [-0.2, 0) is 0 Å². The number of carbonyl (C=O) groups excluding carboxylic acids is 1. The first-order chi connectivity index (χ1) is 13.7. The Kier molecular flexibility index (Phi) is 6.64. The molecule has 2 aromatic carbocycles. The van der Waals surface area contributed by atoms with Gasteiger partial charge in [-0.1, -0.05) is 23.7 Å². The molecule has 144 valence electrons. The van der Waals surface area contributed by atoms with Crippen molar-refractivity contribution in [1.29, 1.82) is 0 Å². The topological polar surface area (TPSA) is 85.4 Å². The highest BCUT2D eigenvalue weighted by Crippen LogP contribution is 2.23. The minimum absolute atomic E-state index is 0.244. The third-order valence-electron chi connectivity index (χ3n) is 3.72. The Labute approximate surface area is 167 Å². The molecule has 0 radical (unpaired) electrons. The summed E-state index contributed by atoms with van der Waals surface area (Å²) in [4.78, 5) is 20.6. The van der Waals surface area contributed by atoms with E-state index in [2.05, 4.69) is 20.6 Å². The molecule has 0 unspecified atom stereocenters. The fourth-order valence-electron chi connectivity index (χ4n) is 2.32. The molecular weight excluding hydrogens is 380 g/mol. The van der Waals surface area contributed by atoms with Gasteiger partial charge in [-0.2, -0.15) is 0 Å². The third-order valence-corrected chi connectivity index (χ3v) is 4.05. The summed E-state index contributed by atoms with van der Waals surface area (Å²) >= 11 is 6.11. The number of anilines is 2. The van der Waals surface area contributed by atoms with Crippen LogP contribution < -0.4 is 20.1 Å². The first kappa shape index (κ1) is 19.4. The summed E-state index contributed by atoms with van der Waals surface area (Å²) in [6.45, 7) is 0.663. The molecule has 3 aromatic rings. The smallest absolute Gasteiger partial charge is 0.270 e. The Hall–Kier alpha value is -3.32. The SMILES string of the molecule is COc1ccc(OCCNC(=O)c2ccnc(Nc3ccccc3Cl)n2)cc1. The predicted octanol–water partition coefficient (Wildman–Crippen LogP) is 3.69. The van der Waals surface area contributed by atoms with E-state index in [9.17, 15) is 4.79 Å². The highest BCUT2D eigenvalue weighted by Gasteiger charge is 2.09. The minimum Gasteiger partial charge on any atom is -0.497 e. The number of halogens is 1. The van der Waals surface area contributed by atoms with Crippen LogP contribution in [0.2, 0.25) is 5.02 Å². The highest BCUT2D eigenvalue weighted by molar-refractivity contribution is 6.33. The zero-order chi connectivity index (χ0) is 19.8. The van der Waals surface area contributed by atoms with Gasteiger partial charge in [0.2, 0.25) is 5.95 Å². The van der Waals surface area contributed by atoms with Gasteiger partial charge < -0.3 is 20.1 Å². The number of carbonyl (C=O) groups is 1. The molecule has 0 fully saturated rings. The van der Waals surface area contributed by atoms with Crippen molar-refractivity contribution in [3.8, 4) is 11.5 Å². The second-order valence-corrected chi connectivity index (χ2v) is 6.06. The molecule has 0 saturated heterocycles. The lowest BCUT2D eigenvalue weighted by molar-refractivity contribution is 0.0942. The molecule has 1 amide bonds. The molecule has 0 aliphatic rings. The van der Waals surface area contributed by atoms with Crippen molar-refractivity contribution in [2.75, 3.05) is 25.6 Å². The molecule has 8 heteroatoms. The highest BCUT2D eigenvalue weighted by atomic mass is 35.5. The molecule has 7 nitrogen and oxygen atoms in total. The van der Waals surface area contributed by atoms with Crippen LogP contribution in [0.1, 0.15) is 10.5 Å². The molecule has 0 spiro atoms. The molecule has 1 heterocycles. The molecule has 28 heavy (non-hydrogen) atoms. The quantitative estimate of drug-likeness (QED) is 0.563. The van der Waals surface area contributed by atoms with Crippen molar-refractivity contribution >= 4 is 29.1 Å². The van der Waals surface area contributed by atoms with Gasteiger partial charge in [0.1, 0.15) is 23.8 Å². The predicted molar refractivity (Wildman–Crippen MR) is 108 cm³/mol. The van der Waals surface area contributed by atoms with Crippen molar-refractivity contribution in [3.63, 3.8) is 0 Å². The maximum Gasteiger partial charge on any atom is 0.270 e. The van der Waals surface area contributed by atoms with Crippen LogP contribution in [0.4, 0.5) is 11.6 Å². The Morgan fingerprint density at radius 3 is 2.57 bits per heavy atom. The number of nitrogens with one attached hydrogen (secondary N) is 2. The van der Waals surface area contributed by atoms with Crippen LogP contribution in [0.25, 0.3) is 0 Å². The normalized spacial score (nSPS) is 10.2. The number of methoxy groups -OCH3 is 1. The van der Waals surface area contributed by atoms with Crippen molar-refractivity contribution in [2.24, 2.45) is 0 Å². The van der Waals surface area contributed by atoms with E-state index in [-0.39, 0.29) is 17.5 Å². The molecule has 3 rings (SSSR count). The van der Waals surface area contributed by atoms with E-state index in [1.54, 1.807) is 31.4 Å². The lowest BCUT2D eigenvalue weighted by Gasteiger charge is -2.09. The van der Waals surface area contributed by atoms with E-state index >= 15 is 0 Å². The zero-order valence-electron chi connectivity index (χ0n) is 15.2. The van der Waals surface area contributed by atoms with Gasteiger partial charge in [0.25, 0.3) is 5.91 Å². The maximum absolute atomic E-state index is 12.3. The fourth-order valence-corrected chi connectivity index (χ4v) is 2.51. The number of nitrogens with zero attached hydrogens (tertiary/aromatic N) is 2. The minimum atomic E-state index is -0.317. The number of ether oxygens (including phenoxy) is 2. The Morgan fingerprint density at radius 1 is 1.07 bits per heavy atom. The standard InChI is InChI=1S/C20H19ClN4O3/c1-27-14-6-8-15(9-7-14)28-13-12-22-19(26)18-10-11-23-20(25-18)24-17-5-3-2-4-16(17)21/h2-11H,12-13H2,1H3,(H,22,26)(H,23,24,25). The van der Waals surface area contributed by atoms with E-state index in [0.717, 1.165) is 5.75 Å². The number of hydrogen-bond donors (Lipinski definition) is 2. The van der Waals surface area contributed by atoms with E-state index in [4.69, 9.17) is 21.1 Å². The summed E-state index contributed by atoms with van der Waals surface area (Å²) in [5.41, 5.74) is 0.906. The largest absolute Gasteiger partial charge is 0.497 e. The lowest BCUT2D eigenvalue weighted by atomic mass is 10.3. The monoisotopic (exact) mass is 398 g/mol. The zero-order valence-corrected chi connectivity index (χ0v) is 15.9. The van der Waals surface area contributed by atoms with Gasteiger partial charge in [-0.05, 0) is 42.5 Å². The average molecular weight is 399 g/mol. The van der Waals surface area contributed by atoms with E-state index < -0.39 is 0 Å². The maximum atomic E-state index is 12.3. The summed E-state index contributed by atoms with van der Waals surface area (Å²) in [5, 5.41) is 6.30. The van der Waals surface area contributed by atoms with Crippen LogP contribution in [0.3, 0.4) is 0 Å². The summed E-state index contributed by atoms with van der Waals surface area (Å²) in [7, 11) is 1.61. The van der Waals surface area contributed by atoms with E-state index in [1.165, 1.54) is 12.3 Å². The van der Waals surface area contributed by atoms with E-state index in [1.807, 2.05) is 24.3 Å². The van der Waals surface area contributed by atoms with Crippen LogP contribution in [0.5, 0.6) is 11.5 Å². The van der Waals surface area contributed by atoms with Gasteiger partial charge in [0.05, 0.1) is 24.4 Å². The van der Waals surface area contributed by atoms with Crippen LogP contribution in [0, 0.1) is 0 Å². The van der Waals surface area contributed by atoms with Gasteiger partial charge >= 0.3 is 0 Å². The van der Waals surface area contributed by atoms with Gasteiger partial charge in [-0.3, -0.25) is 4.79 Å². The van der Waals surface area contributed by atoms with Crippen LogP contribution in [-0.4, -0.2) is 36.1 Å². The molecule has 0 bridgehead atoms. The van der Waals surface area contributed by atoms with Gasteiger partial charge in [0.15, 0.2) is 0 Å². The molecule has 0 aliphatic carbocycles. The summed E-state index contributed by atoms with van der Waals surface area (Å²) < 4.78 is 10.7. The number of benzene rings is 2. The van der Waals surface area contributed by atoms with Crippen molar-refractivity contribution < 1.29 is 14.3 Å². The Bertz CT molecular complexity index is 935. The Balaban J connectivity index is 1.50. The number of hydrogen-bond acceptors (Lipinski definition) is 6. The number of amides is 1. The number of para-hydroxylation sites is 1. The first-order valence-electron chi connectivity index (χ1n) is 8.55. The summed E-state index contributed by atoms with van der Waals surface area (Å²) in [6, 6.07) is 16.0. The van der Waals surface area contributed by atoms with Crippen LogP contribution in [0.15, 0.2) is 60.8 Å². The second-order valence-electron chi connectivity index (χ2n) is 5.65. The van der Waals surface area contributed by atoms with Gasteiger partial charge in [0, 0.05) is 6.20 Å². The van der Waals surface area contributed by atoms with Crippen molar-refractivity contribution in [1.82, 2.24) is 15.3 Å². The molecule has 0 atom stereocenters. The Morgan fingerprint density at radius 2 is 1.82 bits per heavy atom. The third kappa shape index (κ3) is 5.34. The number of rotatable bonds is 8. The molecule has 0 aliphatic heterocycles. The molecular formula is C20H19ClN4O3. The summed E-state index contributed by atoms with van der Waals surface area (Å²) in [6.07, 6.45) is 1.51. The molecule has 1 aromatic heterocycles. The molecule has 2 N–H and O–H groups in total. The van der Waals surface area contributed by atoms with Gasteiger partial charge in [-0.15, -0.1) is 0 Å². The average Bonchev–Trinajstić information content (AvgIpc) is 2.73. The van der Waals surface area contributed by atoms with Gasteiger partial charge in [-0.25, -0.2) is 9.97 Å². The second kappa shape index (κ2) is 9.57. The van der Waals surface area contributed by atoms with Crippen molar-refractivity contribution in [3.05, 3.63) is 71.5 Å². The lowest BCUT2D eigenvalue weighted by Crippen LogP contribution is -2.29. The summed E-state index contributed by atoms with van der Waals surface area (Å²) in [5.74, 6) is 1.42. The van der Waals surface area contributed by atoms with Crippen LogP contribution >= 0.6 is 11.6 Å². The molecule has 0 saturated carbocycles. The first-order valence-corrected chi connectivity index (χ1v) is 8.93.